The third kappa shape index (κ3) is 2.74. The third-order valence-corrected chi connectivity index (χ3v) is 5.45. The number of rotatable bonds is 3. The molecule has 0 N–H and O–H groups in total. The minimum atomic E-state index is 0.406. The van der Waals surface area contributed by atoms with E-state index < -0.39 is 0 Å². The summed E-state index contributed by atoms with van der Waals surface area (Å²) in [4.78, 5) is 2.33. The Morgan fingerprint density at radius 1 is 0.760 bits per heavy atom. The maximum Gasteiger partial charge on any atom is 0.0447 e. The number of fused-ring (bicyclic) bond motifs is 2. The Balaban J connectivity index is 1.84. The molecule has 3 aromatic rings. The number of para-hydroxylation sites is 2. The lowest BCUT2D eigenvalue weighted by molar-refractivity contribution is 0.759. The van der Waals surface area contributed by atoms with E-state index in [0.717, 1.165) is 6.42 Å². The Bertz CT molecular complexity index is 846. The molecule has 25 heavy (non-hydrogen) atoms. The van der Waals surface area contributed by atoms with Crippen LogP contribution < -0.4 is 4.90 Å². The summed E-state index contributed by atoms with van der Waals surface area (Å²) in [5.41, 5.74) is 8.46. The fraction of sp³-hybridized carbons (Fsp3) is 0.250. The van der Waals surface area contributed by atoms with Crippen molar-refractivity contribution in [2.24, 2.45) is 0 Å². The summed E-state index contributed by atoms with van der Waals surface area (Å²) >= 11 is 0. The van der Waals surface area contributed by atoms with E-state index in [0.29, 0.717) is 11.8 Å². The first-order valence-corrected chi connectivity index (χ1v) is 9.16. The average Bonchev–Trinajstić information content (AvgIpc) is 2.65. The molecular weight excluding hydrogens is 302 g/mol. The summed E-state index contributed by atoms with van der Waals surface area (Å²) < 4.78 is 0. The number of nitrogens with zero attached hydrogens (tertiary/aromatic N) is 1. The van der Waals surface area contributed by atoms with Gasteiger partial charge in [0.15, 0.2) is 0 Å². The lowest BCUT2D eigenvalue weighted by Gasteiger charge is -2.36. The first kappa shape index (κ1) is 16.0. The summed E-state index contributed by atoms with van der Waals surface area (Å²) in [6.45, 7) is 4.57. The van der Waals surface area contributed by atoms with Crippen LogP contribution in [0.2, 0.25) is 0 Å². The molecule has 0 radical (unpaired) electrons. The van der Waals surface area contributed by atoms with Gasteiger partial charge in [-0.05, 0) is 46.7 Å². The molecule has 0 amide bonds. The van der Waals surface area contributed by atoms with E-state index in [1.165, 1.54) is 33.6 Å². The minimum absolute atomic E-state index is 0.406. The van der Waals surface area contributed by atoms with Gasteiger partial charge in [-0.3, -0.25) is 0 Å². The summed E-state index contributed by atoms with van der Waals surface area (Å²) in [5.74, 6) is 0.955. The predicted molar refractivity (Wildman–Crippen MR) is 107 cm³/mol. The van der Waals surface area contributed by atoms with Gasteiger partial charge in [0.05, 0.1) is 0 Å². The number of hydrogen-bond donors (Lipinski definition) is 0. The van der Waals surface area contributed by atoms with Gasteiger partial charge in [0, 0.05) is 24.3 Å². The molecule has 0 atom stereocenters. The molecular formula is C24H25N. The highest BCUT2D eigenvalue weighted by Crippen LogP contribution is 2.46. The molecule has 0 spiro atoms. The van der Waals surface area contributed by atoms with E-state index >= 15 is 0 Å². The van der Waals surface area contributed by atoms with Crippen molar-refractivity contribution in [2.75, 3.05) is 11.9 Å². The van der Waals surface area contributed by atoms with Crippen LogP contribution in [0.4, 0.5) is 11.4 Å². The van der Waals surface area contributed by atoms with E-state index in [2.05, 4.69) is 98.6 Å². The molecule has 0 aliphatic carbocycles. The van der Waals surface area contributed by atoms with Gasteiger partial charge in [-0.15, -0.1) is 0 Å². The molecule has 1 aliphatic heterocycles. The third-order valence-electron chi connectivity index (χ3n) is 5.45. The van der Waals surface area contributed by atoms with Crippen molar-refractivity contribution in [1.29, 1.82) is 0 Å². The molecule has 3 aromatic carbocycles. The molecule has 0 fully saturated rings. The van der Waals surface area contributed by atoms with Crippen LogP contribution in [-0.2, 0) is 6.42 Å². The number of hydrogen-bond acceptors (Lipinski definition) is 1. The van der Waals surface area contributed by atoms with Crippen LogP contribution in [0.15, 0.2) is 72.8 Å². The topological polar surface area (TPSA) is 3.24 Å². The molecule has 0 saturated heterocycles. The standard InChI is InChI=1S/C24H25N/c1-17(2)19-11-5-4-10-18(19)16-22-20-12-6-8-14-23(20)25(3)24-15-9-7-13-21(22)24/h4-15,17,22H,16H2,1-3H3. The molecule has 4 rings (SSSR count). The van der Waals surface area contributed by atoms with E-state index in [9.17, 15) is 0 Å². The summed E-state index contributed by atoms with van der Waals surface area (Å²) in [5, 5.41) is 0. The Labute approximate surface area is 150 Å². The fourth-order valence-corrected chi connectivity index (χ4v) is 4.20. The van der Waals surface area contributed by atoms with Crippen molar-refractivity contribution in [3.05, 3.63) is 95.1 Å². The van der Waals surface area contributed by atoms with Crippen LogP contribution in [0.3, 0.4) is 0 Å². The molecule has 1 heteroatoms. The van der Waals surface area contributed by atoms with Crippen LogP contribution >= 0.6 is 0 Å². The second-order valence-corrected chi connectivity index (χ2v) is 7.29. The Kier molecular flexibility index (Phi) is 4.09. The predicted octanol–water partition coefficient (Wildman–Crippen LogP) is 6.27. The highest BCUT2D eigenvalue weighted by Gasteiger charge is 2.28. The number of anilines is 2. The first-order valence-electron chi connectivity index (χ1n) is 9.16. The van der Waals surface area contributed by atoms with E-state index in [1.54, 1.807) is 0 Å². The lowest BCUT2D eigenvalue weighted by Crippen LogP contribution is -2.23. The van der Waals surface area contributed by atoms with Gasteiger partial charge in [-0.25, -0.2) is 0 Å². The van der Waals surface area contributed by atoms with E-state index in [-0.39, 0.29) is 0 Å². The SMILES string of the molecule is CC(C)c1ccccc1CC1c2ccccc2N(C)c2ccccc21. The van der Waals surface area contributed by atoms with Crippen molar-refractivity contribution in [2.45, 2.75) is 32.1 Å². The zero-order chi connectivity index (χ0) is 17.4. The van der Waals surface area contributed by atoms with Crippen molar-refractivity contribution >= 4 is 11.4 Å². The Morgan fingerprint density at radius 3 is 1.88 bits per heavy atom. The largest absolute Gasteiger partial charge is 0.344 e. The van der Waals surface area contributed by atoms with Crippen LogP contribution in [-0.4, -0.2) is 7.05 Å². The molecule has 126 valence electrons. The van der Waals surface area contributed by atoms with Gasteiger partial charge < -0.3 is 4.90 Å². The van der Waals surface area contributed by atoms with Gasteiger partial charge in [0.25, 0.3) is 0 Å². The average molecular weight is 327 g/mol. The summed E-state index contributed by atoms with van der Waals surface area (Å²) in [6, 6.07) is 26.6. The van der Waals surface area contributed by atoms with Crippen molar-refractivity contribution < 1.29 is 0 Å². The fourth-order valence-electron chi connectivity index (χ4n) is 4.20. The van der Waals surface area contributed by atoms with Crippen molar-refractivity contribution in [3.63, 3.8) is 0 Å². The zero-order valence-corrected chi connectivity index (χ0v) is 15.2. The van der Waals surface area contributed by atoms with Crippen LogP contribution in [0, 0.1) is 0 Å². The van der Waals surface area contributed by atoms with Crippen LogP contribution in [0.5, 0.6) is 0 Å². The molecule has 1 nitrogen and oxygen atoms in total. The highest BCUT2D eigenvalue weighted by atomic mass is 15.1. The molecule has 0 saturated carbocycles. The van der Waals surface area contributed by atoms with Crippen molar-refractivity contribution in [3.8, 4) is 0 Å². The van der Waals surface area contributed by atoms with E-state index in [4.69, 9.17) is 0 Å². The van der Waals surface area contributed by atoms with Gasteiger partial charge in [-0.1, -0.05) is 74.5 Å². The van der Waals surface area contributed by atoms with Crippen LogP contribution in [0.1, 0.15) is 47.9 Å². The summed E-state index contributed by atoms with van der Waals surface area (Å²) in [6.07, 6.45) is 1.05. The Morgan fingerprint density at radius 2 is 1.28 bits per heavy atom. The quantitative estimate of drug-likeness (QED) is 0.548. The molecule has 0 bridgehead atoms. The molecule has 1 heterocycles. The van der Waals surface area contributed by atoms with E-state index in [1.807, 2.05) is 0 Å². The summed E-state index contributed by atoms with van der Waals surface area (Å²) in [7, 11) is 2.18. The van der Waals surface area contributed by atoms with Crippen molar-refractivity contribution in [1.82, 2.24) is 0 Å². The van der Waals surface area contributed by atoms with Gasteiger partial charge >= 0.3 is 0 Å². The molecule has 0 aromatic heterocycles. The second-order valence-electron chi connectivity index (χ2n) is 7.29. The monoisotopic (exact) mass is 327 g/mol. The van der Waals surface area contributed by atoms with Gasteiger partial charge in [0.2, 0.25) is 0 Å². The maximum absolute atomic E-state index is 2.33. The van der Waals surface area contributed by atoms with Gasteiger partial charge in [-0.2, -0.15) is 0 Å². The lowest BCUT2D eigenvalue weighted by atomic mass is 9.79. The maximum atomic E-state index is 2.33. The Hall–Kier alpha value is -2.54. The first-order chi connectivity index (χ1) is 12.2. The minimum Gasteiger partial charge on any atom is -0.344 e. The highest BCUT2D eigenvalue weighted by molar-refractivity contribution is 5.75. The zero-order valence-electron chi connectivity index (χ0n) is 15.2. The number of benzene rings is 3. The van der Waals surface area contributed by atoms with Crippen LogP contribution in [0.25, 0.3) is 0 Å². The molecule has 1 aliphatic rings. The normalized spacial score (nSPS) is 13.7. The smallest absolute Gasteiger partial charge is 0.0447 e. The second kappa shape index (κ2) is 6.40. The van der Waals surface area contributed by atoms with Gasteiger partial charge in [0.1, 0.15) is 0 Å². The molecule has 0 unspecified atom stereocenters.